The summed E-state index contributed by atoms with van der Waals surface area (Å²) in [5.74, 6) is 0.754. The highest BCUT2D eigenvalue weighted by molar-refractivity contribution is 5.72. The van der Waals surface area contributed by atoms with E-state index in [9.17, 15) is 4.79 Å². The molecule has 172 valence electrons. The van der Waals surface area contributed by atoms with Gasteiger partial charge in [0.1, 0.15) is 0 Å². The van der Waals surface area contributed by atoms with E-state index in [1.54, 1.807) is 4.80 Å². The molecule has 1 aliphatic rings. The summed E-state index contributed by atoms with van der Waals surface area (Å²) in [5.41, 5.74) is 2.42. The summed E-state index contributed by atoms with van der Waals surface area (Å²) in [5, 5.41) is 14.2. The monoisotopic (exact) mass is 452 g/mol. The van der Waals surface area contributed by atoms with E-state index in [0.29, 0.717) is 0 Å². The second kappa shape index (κ2) is 9.59. The van der Waals surface area contributed by atoms with Crippen molar-refractivity contribution in [1.82, 2.24) is 20.2 Å². The van der Waals surface area contributed by atoms with Gasteiger partial charge in [-0.05, 0) is 47.6 Å². The van der Waals surface area contributed by atoms with Crippen molar-refractivity contribution in [3.8, 4) is 0 Å². The number of methoxy groups -OCH3 is 1. The molecule has 0 atom stereocenters. The standard InChI is InChI=1S/C28H28N4O2/c1-34-27(33)22-19-17-21(18-20-22)26-29-31-32(30-26)28(23-11-5-2-6-12-23,24-13-7-3-8-14-24)25-15-9-4-10-16-25/h2-16,21-22H,17-20H2,1H3. The largest absolute Gasteiger partial charge is 0.469 e. The second-order valence-corrected chi connectivity index (χ2v) is 8.82. The van der Waals surface area contributed by atoms with E-state index in [1.807, 2.05) is 54.6 Å². The van der Waals surface area contributed by atoms with Gasteiger partial charge in [0.05, 0.1) is 13.0 Å². The highest BCUT2D eigenvalue weighted by atomic mass is 16.5. The zero-order valence-corrected chi connectivity index (χ0v) is 19.2. The van der Waals surface area contributed by atoms with Crippen LogP contribution < -0.4 is 0 Å². The first-order valence-corrected chi connectivity index (χ1v) is 11.8. The molecule has 1 aromatic heterocycles. The van der Waals surface area contributed by atoms with Crippen molar-refractivity contribution in [2.45, 2.75) is 37.1 Å². The molecule has 3 aromatic carbocycles. The molecule has 6 nitrogen and oxygen atoms in total. The number of aromatic nitrogens is 4. The van der Waals surface area contributed by atoms with Crippen LogP contribution in [-0.2, 0) is 15.1 Å². The van der Waals surface area contributed by atoms with Crippen LogP contribution in [0.15, 0.2) is 91.0 Å². The minimum atomic E-state index is -0.766. The molecule has 1 aliphatic carbocycles. The van der Waals surface area contributed by atoms with Gasteiger partial charge in [0, 0.05) is 5.92 Å². The van der Waals surface area contributed by atoms with E-state index in [1.165, 1.54) is 7.11 Å². The first-order valence-electron chi connectivity index (χ1n) is 11.8. The molecule has 0 saturated heterocycles. The minimum Gasteiger partial charge on any atom is -0.469 e. The molecule has 34 heavy (non-hydrogen) atoms. The Hall–Kier alpha value is -3.80. The Morgan fingerprint density at radius 1 is 0.794 bits per heavy atom. The van der Waals surface area contributed by atoms with Crippen molar-refractivity contribution in [1.29, 1.82) is 0 Å². The number of benzene rings is 3. The summed E-state index contributed by atoms with van der Waals surface area (Å²) in [6.45, 7) is 0. The van der Waals surface area contributed by atoms with Crippen LogP contribution in [0.1, 0.15) is 54.1 Å². The first-order chi connectivity index (χ1) is 16.7. The van der Waals surface area contributed by atoms with E-state index < -0.39 is 5.54 Å². The summed E-state index contributed by atoms with van der Waals surface area (Å²) < 4.78 is 4.94. The lowest BCUT2D eigenvalue weighted by Gasteiger charge is -2.34. The zero-order chi connectivity index (χ0) is 23.4. The highest BCUT2D eigenvalue weighted by Crippen LogP contribution is 2.40. The van der Waals surface area contributed by atoms with Crippen LogP contribution in [0.3, 0.4) is 0 Å². The summed E-state index contributed by atoms with van der Waals surface area (Å²) in [4.78, 5) is 13.7. The van der Waals surface area contributed by atoms with Gasteiger partial charge >= 0.3 is 5.97 Å². The smallest absolute Gasteiger partial charge is 0.308 e. The van der Waals surface area contributed by atoms with E-state index in [0.717, 1.165) is 48.2 Å². The van der Waals surface area contributed by atoms with Crippen LogP contribution in [0.4, 0.5) is 0 Å². The third kappa shape index (κ3) is 3.89. The summed E-state index contributed by atoms with van der Waals surface area (Å²) in [6.07, 6.45) is 3.26. The van der Waals surface area contributed by atoms with Crippen molar-refractivity contribution in [2.24, 2.45) is 5.92 Å². The van der Waals surface area contributed by atoms with Crippen LogP contribution in [0.2, 0.25) is 0 Å². The van der Waals surface area contributed by atoms with Crippen LogP contribution in [0.5, 0.6) is 0 Å². The number of esters is 1. The van der Waals surface area contributed by atoms with Crippen molar-refractivity contribution in [3.63, 3.8) is 0 Å². The van der Waals surface area contributed by atoms with Gasteiger partial charge in [0.25, 0.3) is 0 Å². The summed E-state index contributed by atoms with van der Waals surface area (Å²) in [6, 6.07) is 31.0. The van der Waals surface area contributed by atoms with Gasteiger partial charge < -0.3 is 4.74 Å². The molecule has 0 radical (unpaired) electrons. The Balaban J connectivity index is 1.61. The third-order valence-electron chi connectivity index (χ3n) is 6.93. The SMILES string of the molecule is COC(=O)C1CCC(c2nnn(C(c3ccccc3)(c3ccccc3)c3ccccc3)n2)CC1. The predicted molar refractivity (Wildman–Crippen MR) is 129 cm³/mol. The minimum absolute atomic E-state index is 0.0339. The van der Waals surface area contributed by atoms with Crippen LogP contribution in [0, 0.1) is 5.92 Å². The lowest BCUT2D eigenvalue weighted by Crippen LogP contribution is -2.39. The van der Waals surface area contributed by atoms with Crippen molar-refractivity contribution >= 4 is 5.97 Å². The fourth-order valence-electron chi connectivity index (χ4n) is 5.17. The van der Waals surface area contributed by atoms with Crippen LogP contribution in [0.25, 0.3) is 0 Å². The fraction of sp³-hybridized carbons (Fsp3) is 0.286. The van der Waals surface area contributed by atoms with Gasteiger partial charge in [-0.3, -0.25) is 4.79 Å². The molecule has 0 unspecified atom stereocenters. The normalized spacial score (nSPS) is 18.4. The number of ether oxygens (including phenoxy) is 1. The van der Waals surface area contributed by atoms with Crippen molar-refractivity contribution in [3.05, 3.63) is 114 Å². The molecule has 1 heterocycles. The molecule has 5 rings (SSSR count). The van der Waals surface area contributed by atoms with Gasteiger partial charge in [-0.25, -0.2) is 0 Å². The van der Waals surface area contributed by atoms with Crippen LogP contribution >= 0.6 is 0 Å². The maximum atomic E-state index is 11.9. The van der Waals surface area contributed by atoms with Gasteiger partial charge in [0.2, 0.25) is 0 Å². The predicted octanol–water partition coefficient (Wildman–Crippen LogP) is 4.96. The van der Waals surface area contributed by atoms with E-state index in [4.69, 9.17) is 9.84 Å². The Morgan fingerprint density at radius 3 is 1.71 bits per heavy atom. The maximum Gasteiger partial charge on any atom is 0.308 e. The highest BCUT2D eigenvalue weighted by Gasteiger charge is 2.41. The van der Waals surface area contributed by atoms with Gasteiger partial charge in [0.15, 0.2) is 11.4 Å². The molecular formula is C28H28N4O2. The number of tetrazole rings is 1. The molecule has 0 amide bonds. The van der Waals surface area contributed by atoms with Crippen LogP contribution in [-0.4, -0.2) is 33.3 Å². The molecule has 0 N–H and O–H groups in total. The topological polar surface area (TPSA) is 69.9 Å². The Bertz CT molecular complexity index is 1120. The average molecular weight is 453 g/mol. The third-order valence-corrected chi connectivity index (χ3v) is 6.93. The first kappa shape index (κ1) is 22.0. The molecular weight excluding hydrogens is 424 g/mol. The van der Waals surface area contributed by atoms with Crippen molar-refractivity contribution < 1.29 is 9.53 Å². The number of hydrogen-bond acceptors (Lipinski definition) is 5. The Morgan fingerprint density at radius 2 is 1.26 bits per heavy atom. The number of carbonyl (C=O) groups is 1. The van der Waals surface area contributed by atoms with Gasteiger partial charge in [-0.1, -0.05) is 91.0 Å². The molecule has 0 aliphatic heterocycles. The van der Waals surface area contributed by atoms with Gasteiger partial charge in [-0.2, -0.15) is 0 Å². The fourth-order valence-corrected chi connectivity index (χ4v) is 5.17. The average Bonchev–Trinajstić information content (AvgIpc) is 3.41. The molecule has 0 bridgehead atoms. The van der Waals surface area contributed by atoms with E-state index in [-0.39, 0.29) is 17.8 Å². The summed E-state index contributed by atoms with van der Waals surface area (Å²) >= 11 is 0. The van der Waals surface area contributed by atoms with Crippen molar-refractivity contribution in [2.75, 3.05) is 7.11 Å². The molecule has 1 fully saturated rings. The molecule has 0 spiro atoms. The number of nitrogens with zero attached hydrogens (tertiary/aromatic N) is 4. The van der Waals surface area contributed by atoms with E-state index >= 15 is 0 Å². The quantitative estimate of drug-likeness (QED) is 0.305. The van der Waals surface area contributed by atoms with Gasteiger partial charge in [-0.15, -0.1) is 15.0 Å². The Labute approximate surface area is 199 Å². The zero-order valence-electron chi connectivity index (χ0n) is 19.2. The molecule has 1 saturated carbocycles. The molecule has 6 heteroatoms. The number of rotatable bonds is 6. The van der Waals surface area contributed by atoms with E-state index in [2.05, 4.69) is 46.7 Å². The molecule has 4 aromatic rings. The lowest BCUT2D eigenvalue weighted by molar-refractivity contribution is -0.146. The summed E-state index contributed by atoms with van der Waals surface area (Å²) in [7, 11) is 1.46. The Kier molecular flexibility index (Phi) is 6.21. The lowest BCUT2D eigenvalue weighted by atomic mass is 9.77. The second-order valence-electron chi connectivity index (χ2n) is 8.82. The maximum absolute atomic E-state index is 11.9. The number of hydrogen-bond donors (Lipinski definition) is 0. The number of carbonyl (C=O) groups excluding carboxylic acids is 1.